The first kappa shape index (κ1) is 10.0. The Morgan fingerprint density at radius 2 is 2.13 bits per heavy atom. The molecule has 0 saturated heterocycles. The van der Waals surface area contributed by atoms with Crippen LogP contribution < -0.4 is 4.90 Å². The summed E-state index contributed by atoms with van der Waals surface area (Å²) in [5.41, 5.74) is 2.59. The summed E-state index contributed by atoms with van der Waals surface area (Å²) in [5, 5.41) is 8.36. The van der Waals surface area contributed by atoms with Crippen molar-refractivity contribution in [1.82, 2.24) is 14.8 Å². The largest absolute Gasteiger partial charge is 0.344 e. The second-order valence-corrected chi connectivity index (χ2v) is 4.14. The van der Waals surface area contributed by atoms with Gasteiger partial charge in [0.25, 0.3) is 0 Å². The Kier molecular flexibility index (Phi) is 2.91. The molecule has 0 unspecified atom stereocenters. The number of rotatable bonds is 3. The first-order valence-corrected chi connectivity index (χ1v) is 5.45. The van der Waals surface area contributed by atoms with E-state index in [1.807, 2.05) is 18.0 Å². The highest BCUT2D eigenvalue weighted by atomic mass is 32.1. The van der Waals surface area contributed by atoms with Crippen LogP contribution in [0, 0.1) is 6.92 Å². The van der Waals surface area contributed by atoms with Crippen LogP contribution in [-0.4, -0.2) is 21.8 Å². The maximum atomic E-state index is 3.93. The van der Waals surface area contributed by atoms with Crippen molar-refractivity contribution >= 4 is 16.7 Å². The molecule has 0 aliphatic rings. The molecule has 0 aliphatic carbocycles. The number of anilines is 1. The van der Waals surface area contributed by atoms with E-state index in [-0.39, 0.29) is 0 Å². The van der Waals surface area contributed by atoms with Crippen LogP contribution in [0.5, 0.6) is 0 Å². The van der Waals surface area contributed by atoms with Gasteiger partial charge in [-0.3, -0.25) is 0 Å². The number of benzene rings is 1. The molecule has 2 rings (SSSR count). The number of hydrogen-bond acceptors (Lipinski definition) is 5. The van der Waals surface area contributed by atoms with Crippen LogP contribution in [-0.2, 0) is 6.54 Å². The fourth-order valence-electron chi connectivity index (χ4n) is 1.39. The quantitative estimate of drug-likeness (QED) is 0.792. The first-order valence-electron chi connectivity index (χ1n) is 4.68. The lowest BCUT2D eigenvalue weighted by atomic mass is 10.1. The summed E-state index contributed by atoms with van der Waals surface area (Å²) in [6, 6.07) is 8.34. The molecule has 0 spiro atoms. The van der Waals surface area contributed by atoms with Gasteiger partial charge in [0.1, 0.15) is 0 Å². The van der Waals surface area contributed by atoms with Crippen molar-refractivity contribution in [2.24, 2.45) is 0 Å². The SMILES string of the molecule is Cc1ccccc1CN(C)c1nnns1. The zero-order valence-corrected chi connectivity index (χ0v) is 9.53. The van der Waals surface area contributed by atoms with Crippen molar-refractivity contribution in [3.63, 3.8) is 0 Å². The van der Waals surface area contributed by atoms with E-state index >= 15 is 0 Å². The number of aromatic nitrogens is 3. The predicted octanol–water partition coefficient (Wildman–Crippen LogP) is 1.88. The Morgan fingerprint density at radius 3 is 2.80 bits per heavy atom. The number of hydrogen-bond donors (Lipinski definition) is 0. The normalized spacial score (nSPS) is 10.3. The van der Waals surface area contributed by atoms with Crippen molar-refractivity contribution in [2.45, 2.75) is 13.5 Å². The molecule has 1 heterocycles. The van der Waals surface area contributed by atoms with Gasteiger partial charge in [0.2, 0.25) is 5.13 Å². The monoisotopic (exact) mass is 220 g/mol. The molecule has 0 radical (unpaired) electrons. The Bertz CT molecular complexity index is 427. The standard InChI is InChI=1S/C10H12N4S/c1-8-5-3-4-6-9(8)7-14(2)10-11-12-13-15-10/h3-6H,7H2,1-2H3. The van der Waals surface area contributed by atoms with Gasteiger partial charge in [0.05, 0.1) is 0 Å². The molecule has 0 bridgehead atoms. The molecule has 0 aliphatic heterocycles. The summed E-state index contributed by atoms with van der Waals surface area (Å²) < 4.78 is 3.75. The van der Waals surface area contributed by atoms with Gasteiger partial charge >= 0.3 is 0 Å². The molecule has 15 heavy (non-hydrogen) atoms. The second kappa shape index (κ2) is 4.35. The summed E-state index contributed by atoms with van der Waals surface area (Å²) in [4.78, 5) is 2.05. The predicted molar refractivity (Wildman–Crippen MR) is 61.0 cm³/mol. The highest BCUT2D eigenvalue weighted by molar-refractivity contribution is 7.09. The Balaban J connectivity index is 2.13. The van der Waals surface area contributed by atoms with Crippen LogP contribution in [0.15, 0.2) is 24.3 Å². The third-order valence-electron chi connectivity index (χ3n) is 2.28. The zero-order valence-electron chi connectivity index (χ0n) is 8.71. The van der Waals surface area contributed by atoms with E-state index in [9.17, 15) is 0 Å². The Labute approximate surface area is 92.7 Å². The molecule has 5 heteroatoms. The van der Waals surface area contributed by atoms with Crippen molar-refractivity contribution in [3.8, 4) is 0 Å². The molecule has 1 aromatic heterocycles. The van der Waals surface area contributed by atoms with E-state index in [0.29, 0.717) is 0 Å². The van der Waals surface area contributed by atoms with Gasteiger partial charge in [-0.05, 0) is 23.3 Å². The van der Waals surface area contributed by atoms with Crippen LogP contribution in [0.4, 0.5) is 5.13 Å². The van der Waals surface area contributed by atoms with Crippen molar-refractivity contribution in [1.29, 1.82) is 0 Å². The van der Waals surface area contributed by atoms with Gasteiger partial charge in [0, 0.05) is 25.1 Å². The minimum absolute atomic E-state index is 0.837. The maximum Gasteiger partial charge on any atom is 0.227 e. The van der Waals surface area contributed by atoms with E-state index in [1.54, 1.807) is 0 Å². The molecule has 0 fully saturated rings. The highest BCUT2D eigenvalue weighted by Crippen LogP contribution is 2.16. The van der Waals surface area contributed by atoms with Gasteiger partial charge in [-0.1, -0.05) is 33.9 Å². The van der Waals surface area contributed by atoms with E-state index < -0.39 is 0 Å². The van der Waals surface area contributed by atoms with Gasteiger partial charge in [-0.15, -0.1) is 0 Å². The Hall–Kier alpha value is -1.49. The third kappa shape index (κ3) is 2.30. The van der Waals surface area contributed by atoms with E-state index in [0.717, 1.165) is 11.7 Å². The summed E-state index contributed by atoms with van der Waals surface area (Å²) in [5.74, 6) is 0. The number of aryl methyl sites for hydroxylation is 1. The van der Waals surface area contributed by atoms with Crippen molar-refractivity contribution in [3.05, 3.63) is 35.4 Å². The van der Waals surface area contributed by atoms with Crippen LogP contribution in [0.2, 0.25) is 0 Å². The Morgan fingerprint density at radius 1 is 1.33 bits per heavy atom. The average Bonchev–Trinajstić information content (AvgIpc) is 2.74. The molecule has 0 N–H and O–H groups in total. The van der Waals surface area contributed by atoms with E-state index in [2.05, 4.69) is 39.9 Å². The van der Waals surface area contributed by atoms with Crippen LogP contribution in [0.25, 0.3) is 0 Å². The smallest absolute Gasteiger partial charge is 0.227 e. The zero-order chi connectivity index (χ0) is 10.7. The molecular formula is C10H12N4S. The molecule has 0 amide bonds. The molecule has 1 aromatic carbocycles. The second-order valence-electron chi connectivity index (χ2n) is 3.43. The maximum absolute atomic E-state index is 3.93. The summed E-state index contributed by atoms with van der Waals surface area (Å²) in [6.45, 7) is 2.95. The summed E-state index contributed by atoms with van der Waals surface area (Å²) >= 11 is 1.31. The van der Waals surface area contributed by atoms with Gasteiger partial charge in [0.15, 0.2) is 0 Å². The minimum Gasteiger partial charge on any atom is -0.344 e. The van der Waals surface area contributed by atoms with Crippen LogP contribution in [0.3, 0.4) is 0 Å². The molecular weight excluding hydrogens is 208 g/mol. The lowest BCUT2D eigenvalue weighted by Gasteiger charge is -2.15. The van der Waals surface area contributed by atoms with Crippen molar-refractivity contribution in [2.75, 3.05) is 11.9 Å². The molecule has 78 valence electrons. The third-order valence-corrected chi connectivity index (χ3v) is 3.00. The fraction of sp³-hybridized carbons (Fsp3) is 0.300. The molecule has 2 aromatic rings. The molecule has 0 atom stereocenters. The number of nitrogens with zero attached hydrogens (tertiary/aromatic N) is 4. The first-order chi connectivity index (χ1) is 7.27. The van der Waals surface area contributed by atoms with Gasteiger partial charge < -0.3 is 4.90 Å². The van der Waals surface area contributed by atoms with E-state index in [4.69, 9.17) is 0 Å². The lowest BCUT2D eigenvalue weighted by molar-refractivity contribution is 0.869. The highest BCUT2D eigenvalue weighted by Gasteiger charge is 2.07. The van der Waals surface area contributed by atoms with Crippen LogP contribution in [0.1, 0.15) is 11.1 Å². The van der Waals surface area contributed by atoms with Crippen molar-refractivity contribution < 1.29 is 0 Å². The van der Waals surface area contributed by atoms with Crippen LogP contribution >= 0.6 is 11.5 Å². The van der Waals surface area contributed by atoms with E-state index in [1.165, 1.54) is 22.7 Å². The molecule has 0 saturated carbocycles. The summed E-state index contributed by atoms with van der Waals surface area (Å²) in [7, 11) is 1.99. The van der Waals surface area contributed by atoms with Gasteiger partial charge in [-0.2, -0.15) is 0 Å². The summed E-state index contributed by atoms with van der Waals surface area (Å²) in [6.07, 6.45) is 0. The molecule has 4 nitrogen and oxygen atoms in total. The lowest BCUT2D eigenvalue weighted by Crippen LogP contribution is -2.16. The topological polar surface area (TPSA) is 41.9 Å². The minimum atomic E-state index is 0.837. The fourth-order valence-corrected chi connectivity index (χ4v) is 1.81. The average molecular weight is 220 g/mol. The van der Waals surface area contributed by atoms with Gasteiger partial charge in [-0.25, -0.2) is 0 Å².